The molecule has 0 saturated heterocycles. The van der Waals surface area contributed by atoms with E-state index in [9.17, 15) is 0 Å². The molecule has 0 radical (unpaired) electrons. The highest BCUT2D eigenvalue weighted by Gasteiger charge is 2.31. The zero-order valence-corrected chi connectivity index (χ0v) is 14.3. The van der Waals surface area contributed by atoms with Crippen LogP contribution in [-0.2, 0) is 0 Å². The second-order valence-electron chi connectivity index (χ2n) is 5.88. The molecule has 0 N–H and O–H groups in total. The van der Waals surface area contributed by atoms with Crippen molar-refractivity contribution in [2.45, 2.75) is 46.0 Å². The van der Waals surface area contributed by atoms with Gasteiger partial charge in [-0.1, -0.05) is 35.2 Å². The molecule has 1 aromatic carbocycles. The molecule has 1 nitrogen and oxygen atoms in total. The van der Waals surface area contributed by atoms with Crippen LogP contribution in [0.25, 0.3) is 0 Å². The molecular weight excluding hydrogens is 320 g/mol. The van der Waals surface area contributed by atoms with Gasteiger partial charge in [0.25, 0.3) is 0 Å². The van der Waals surface area contributed by atoms with E-state index in [0.717, 1.165) is 18.1 Å². The third-order valence-corrected chi connectivity index (χ3v) is 6.13. The summed E-state index contributed by atoms with van der Waals surface area (Å²) in [6, 6.07) is 4.23. The standard InChI is InChI=1S/C16H23BrOS/c1-12-8-14(9-13(2)15(12)17)18-10-16(11-19)6-4-3-5-7-16/h8-9,19H,3-7,10-11H2,1-2H3. The minimum absolute atomic E-state index is 0.288. The highest BCUT2D eigenvalue weighted by atomic mass is 79.9. The number of hydrogen-bond donors (Lipinski definition) is 1. The zero-order chi connectivity index (χ0) is 13.9. The lowest BCUT2D eigenvalue weighted by Crippen LogP contribution is -2.33. The molecule has 0 spiro atoms. The maximum atomic E-state index is 6.09. The lowest BCUT2D eigenvalue weighted by Gasteiger charge is -2.35. The molecule has 1 fully saturated rings. The van der Waals surface area contributed by atoms with E-state index in [1.807, 2.05) is 0 Å². The molecule has 0 amide bonds. The number of rotatable bonds is 4. The predicted molar refractivity (Wildman–Crippen MR) is 88.5 cm³/mol. The Kier molecular flexibility index (Phi) is 5.24. The van der Waals surface area contributed by atoms with Crippen LogP contribution in [0, 0.1) is 19.3 Å². The first kappa shape index (κ1) is 15.2. The largest absolute Gasteiger partial charge is 0.493 e. The van der Waals surface area contributed by atoms with Gasteiger partial charge in [-0.25, -0.2) is 0 Å². The van der Waals surface area contributed by atoms with Gasteiger partial charge in [0, 0.05) is 9.89 Å². The van der Waals surface area contributed by atoms with Gasteiger partial charge in [0.05, 0.1) is 6.61 Å². The molecule has 0 unspecified atom stereocenters. The van der Waals surface area contributed by atoms with Crippen molar-refractivity contribution in [2.75, 3.05) is 12.4 Å². The molecule has 1 saturated carbocycles. The fourth-order valence-electron chi connectivity index (χ4n) is 2.88. The van der Waals surface area contributed by atoms with E-state index in [4.69, 9.17) is 4.74 Å². The van der Waals surface area contributed by atoms with Crippen molar-refractivity contribution in [3.8, 4) is 5.75 Å². The van der Waals surface area contributed by atoms with E-state index in [0.29, 0.717) is 0 Å². The third kappa shape index (κ3) is 3.69. The number of thiol groups is 1. The monoisotopic (exact) mass is 342 g/mol. The zero-order valence-electron chi connectivity index (χ0n) is 11.8. The van der Waals surface area contributed by atoms with Crippen molar-refractivity contribution in [3.63, 3.8) is 0 Å². The Hall–Kier alpha value is -0.150. The molecule has 106 valence electrons. The molecule has 1 aliphatic rings. The number of benzene rings is 1. The van der Waals surface area contributed by atoms with Crippen LogP contribution in [-0.4, -0.2) is 12.4 Å². The van der Waals surface area contributed by atoms with Crippen molar-refractivity contribution in [1.29, 1.82) is 0 Å². The third-order valence-electron chi connectivity index (χ3n) is 4.20. The highest BCUT2D eigenvalue weighted by Crippen LogP contribution is 2.38. The van der Waals surface area contributed by atoms with E-state index >= 15 is 0 Å². The molecule has 0 aromatic heterocycles. The topological polar surface area (TPSA) is 9.23 Å². The summed E-state index contributed by atoms with van der Waals surface area (Å²) >= 11 is 8.16. The Labute approximate surface area is 130 Å². The average molecular weight is 343 g/mol. The van der Waals surface area contributed by atoms with Crippen LogP contribution in [0.5, 0.6) is 5.75 Å². The Balaban J connectivity index is 2.05. The summed E-state index contributed by atoms with van der Waals surface area (Å²) in [6.45, 7) is 5.02. The lowest BCUT2D eigenvalue weighted by atomic mass is 9.76. The fraction of sp³-hybridized carbons (Fsp3) is 0.625. The molecular formula is C16H23BrOS. The fourth-order valence-corrected chi connectivity index (χ4v) is 3.51. The van der Waals surface area contributed by atoms with Gasteiger partial charge in [0.1, 0.15) is 5.75 Å². The summed E-state index contributed by atoms with van der Waals surface area (Å²) < 4.78 is 7.27. The Morgan fingerprint density at radius 3 is 2.26 bits per heavy atom. The van der Waals surface area contributed by atoms with Gasteiger partial charge in [0.2, 0.25) is 0 Å². The second kappa shape index (κ2) is 6.53. The van der Waals surface area contributed by atoms with Gasteiger partial charge in [0.15, 0.2) is 0 Å². The van der Waals surface area contributed by atoms with Crippen LogP contribution in [0.4, 0.5) is 0 Å². The number of halogens is 1. The Bertz CT molecular complexity index is 415. The predicted octanol–water partition coefficient (Wildman–Crippen LogP) is 5.33. The van der Waals surface area contributed by atoms with Crippen molar-refractivity contribution in [3.05, 3.63) is 27.7 Å². The van der Waals surface area contributed by atoms with Crippen LogP contribution in [0.3, 0.4) is 0 Å². The number of hydrogen-bond acceptors (Lipinski definition) is 2. The molecule has 0 atom stereocenters. The molecule has 3 heteroatoms. The molecule has 1 aromatic rings. The van der Waals surface area contributed by atoms with E-state index < -0.39 is 0 Å². The highest BCUT2D eigenvalue weighted by molar-refractivity contribution is 9.10. The number of ether oxygens (including phenoxy) is 1. The van der Waals surface area contributed by atoms with E-state index in [1.165, 1.54) is 47.7 Å². The van der Waals surface area contributed by atoms with Gasteiger partial charge in [-0.3, -0.25) is 0 Å². The quantitative estimate of drug-likeness (QED) is 0.728. The summed E-state index contributed by atoms with van der Waals surface area (Å²) in [5.41, 5.74) is 2.76. The lowest BCUT2D eigenvalue weighted by molar-refractivity contribution is 0.121. The van der Waals surface area contributed by atoms with Crippen LogP contribution in [0.1, 0.15) is 43.2 Å². The van der Waals surface area contributed by atoms with Crippen molar-refractivity contribution >= 4 is 28.6 Å². The van der Waals surface area contributed by atoms with E-state index in [2.05, 4.69) is 54.5 Å². The van der Waals surface area contributed by atoms with Crippen LogP contribution < -0.4 is 4.74 Å². The van der Waals surface area contributed by atoms with Crippen LogP contribution in [0.2, 0.25) is 0 Å². The van der Waals surface area contributed by atoms with Gasteiger partial charge in [-0.15, -0.1) is 0 Å². The smallest absolute Gasteiger partial charge is 0.119 e. The second-order valence-corrected chi connectivity index (χ2v) is 6.99. The molecule has 1 aliphatic carbocycles. The normalized spacial score (nSPS) is 18.3. The maximum Gasteiger partial charge on any atom is 0.119 e. The minimum Gasteiger partial charge on any atom is -0.493 e. The first-order valence-corrected chi connectivity index (χ1v) is 8.49. The number of aryl methyl sites for hydroxylation is 2. The van der Waals surface area contributed by atoms with Crippen LogP contribution in [0.15, 0.2) is 16.6 Å². The van der Waals surface area contributed by atoms with E-state index in [1.54, 1.807) is 0 Å². The molecule has 2 rings (SSSR count). The Morgan fingerprint density at radius 2 is 1.74 bits per heavy atom. The van der Waals surface area contributed by atoms with Crippen molar-refractivity contribution < 1.29 is 4.74 Å². The average Bonchev–Trinajstić information content (AvgIpc) is 2.43. The summed E-state index contributed by atoms with van der Waals surface area (Å²) in [4.78, 5) is 0. The SMILES string of the molecule is Cc1cc(OCC2(CS)CCCCC2)cc(C)c1Br. The summed E-state index contributed by atoms with van der Waals surface area (Å²) in [5, 5.41) is 0. The minimum atomic E-state index is 0.288. The molecule has 19 heavy (non-hydrogen) atoms. The first-order valence-electron chi connectivity index (χ1n) is 7.07. The molecule has 0 aliphatic heterocycles. The molecule has 0 bridgehead atoms. The van der Waals surface area contributed by atoms with Crippen LogP contribution >= 0.6 is 28.6 Å². The maximum absolute atomic E-state index is 6.09. The van der Waals surface area contributed by atoms with Gasteiger partial charge < -0.3 is 4.74 Å². The van der Waals surface area contributed by atoms with Gasteiger partial charge in [-0.05, 0) is 55.7 Å². The van der Waals surface area contributed by atoms with Gasteiger partial charge >= 0.3 is 0 Å². The van der Waals surface area contributed by atoms with Crippen molar-refractivity contribution in [1.82, 2.24) is 0 Å². The van der Waals surface area contributed by atoms with Gasteiger partial charge in [-0.2, -0.15) is 12.6 Å². The summed E-state index contributed by atoms with van der Waals surface area (Å²) in [6.07, 6.45) is 6.52. The first-order chi connectivity index (χ1) is 9.06. The van der Waals surface area contributed by atoms with E-state index in [-0.39, 0.29) is 5.41 Å². The summed E-state index contributed by atoms with van der Waals surface area (Å²) in [7, 11) is 0. The molecule has 0 heterocycles. The summed E-state index contributed by atoms with van der Waals surface area (Å²) in [5.74, 6) is 1.92. The van der Waals surface area contributed by atoms with Crippen molar-refractivity contribution in [2.24, 2.45) is 5.41 Å². The Morgan fingerprint density at radius 1 is 1.16 bits per heavy atom.